The Hall–Kier alpha value is -5.98. The van der Waals surface area contributed by atoms with Crippen molar-refractivity contribution in [1.29, 1.82) is 0 Å². The molecule has 0 spiro atoms. The van der Waals surface area contributed by atoms with Gasteiger partial charge in [0, 0.05) is 44.2 Å². The Morgan fingerprint density at radius 3 is 2.24 bits per heavy atom. The van der Waals surface area contributed by atoms with Crippen LogP contribution < -0.4 is 5.73 Å². The lowest BCUT2D eigenvalue weighted by molar-refractivity contribution is 0.823. The summed E-state index contributed by atoms with van der Waals surface area (Å²) in [6, 6.07) is 40.5. The Labute approximate surface area is 302 Å². The highest BCUT2D eigenvalue weighted by Gasteiger charge is 2.16. The first kappa shape index (κ1) is 33.5. The van der Waals surface area contributed by atoms with Gasteiger partial charge in [0.2, 0.25) is 0 Å². The maximum atomic E-state index is 14.6. The van der Waals surface area contributed by atoms with E-state index >= 15 is 0 Å². The van der Waals surface area contributed by atoms with Gasteiger partial charge in [-0.25, -0.2) is 0 Å². The molecule has 4 nitrogen and oxygen atoms in total. The largest absolute Gasteiger partial charge is 0.398 e. The summed E-state index contributed by atoms with van der Waals surface area (Å²) in [6.07, 6.45) is 11.5. The first-order valence-electron chi connectivity index (χ1n) is 16.9. The monoisotopic (exact) mass is 684 g/mol. The average Bonchev–Trinajstić information content (AvgIpc) is 3.51. The number of nitrogens with two attached hydrogens (primary N) is 1. The summed E-state index contributed by atoms with van der Waals surface area (Å²) in [6.45, 7) is 7.91. The molecule has 5 aromatic carbocycles. The molecular weight excluding hydrogens is 648 g/mol. The summed E-state index contributed by atoms with van der Waals surface area (Å²) in [5.41, 5.74) is 16.7. The van der Waals surface area contributed by atoms with Gasteiger partial charge in [-0.1, -0.05) is 104 Å². The first-order valence-corrected chi connectivity index (χ1v) is 17.6. The highest BCUT2D eigenvalue weighted by molar-refractivity contribution is 7.94. The van der Waals surface area contributed by atoms with Gasteiger partial charge >= 0.3 is 0 Å². The van der Waals surface area contributed by atoms with E-state index in [0.29, 0.717) is 16.3 Å². The summed E-state index contributed by atoms with van der Waals surface area (Å²) >= 11 is 0.222. The van der Waals surface area contributed by atoms with Crippen LogP contribution >= 0.6 is 12.1 Å². The Balaban J connectivity index is 1.38. The highest BCUT2D eigenvalue weighted by atomic mass is 32.2. The van der Waals surface area contributed by atoms with Crippen molar-refractivity contribution in [3.8, 4) is 5.69 Å². The van der Waals surface area contributed by atoms with Crippen LogP contribution in [-0.2, 0) is 0 Å². The van der Waals surface area contributed by atoms with Gasteiger partial charge in [-0.2, -0.15) is 3.89 Å². The number of fused-ring (bicyclic) bond motifs is 4. The van der Waals surface area contributed by atoms with Crippen LogP contribution in [-0.4, -0.2) is 15.3 Å². The molecule has 1 unspecified atom stereocenters. The van der Waals surface area contributed by atoms with Crippen LogP contribution in [0, 0.1) is 0 Å². The van der Waals surface area contributed by atoms with Crippen LogP contribution in [0.2, 0.25) is 0 Å². The maximum absolute atomic E-state index is 14.6. The van der Waals surface area contributed by atoms with E-state index in [9.17, 15) is 3.89 Å². The van der Waals surface area contributed by atoms with E-state index in [1.807, 2.05) is 85.8 Å². The predicted molar refractivity (Wildman–Crippen MR) is 216 cm³/mol. The molecular formula is C45H37FN4S. The maximum Gasteiger partial charge on any atom is 0.0813 e. The lowest BCUT2D eigenvalue weighted by Gasteiger charge is -2.15. The van der Waals surface area contributed by atoms with Gasteiger partial charge in [0.15, 0.2) is 0 Å². The zero-order valence-electron chi connectivity index (χ0n) is 28.5. The van der Waals surface area contributed by atoms with Crippen LogP contribution in [0.5, 0.6) is 0 Å². The molecule has 0 radical (unpaired) electrons. The first-order chi connectivity index (χ1) is 25.0. The number of hydrogen-bond acceptors (Lipinski definition) is 4. The molecule has 0 fully saturated rings. The average molecular weight is 685 g/mol. The van der Waals surface area contributed by atoms with Crippen molar-refractivity contribution in [2.45, 2.75) is 24.8 Å². The van der Waals surface area contributed by atoms with E-state index < -0.39 is 0 Å². The third-order valence-electron chi connectivity index (χ3n) is 9.04. The number of allylic oxidation sites excluding steroid dienone is 6. The minimum Gasteiger partial charge on any atom is -0.398 e. The van der Waals surface area contributed by atoms with Crippen LogP contribution in [0.25, 0.3) is 49.7 Å². The molecule has 0 bridgehead atoms. The van der Waals surface area contributed by atoms with Crippen molar-refractivity contribution in [2.24, 2.45) is 10.7 Å². The number of pyridine rings is 1. The second-order valence-corrected chi connectivity index (χ2v) is 13.0. The summed E-state index contributed by atoms with van der Waals surface area (Å²) in [5.74, 6) is 0. The Kier molecular flexibility index (Phi) is 9.77. The van der Waals surface area contributed by atoms with Crippen LogP contribution in [0.3, 0.4) is 0 Å². The number of hydrogen-bond donors (Lipinski definition) is 1. The van der Waals surface area contributed by atoms with E-state index in [1.54, 1.807) is 12.3 Å². The van der Waals surface area contributed by atoms with E-state index in [-0.39, 0.29) is 18.2 Å². The molecule has 2 N–H and O–H groups in total. The van der Waals surface area contributed by atoms with Crippen molar-refractivity contribution in [3.05, 3.63) is 187 Å². The van der Waals surface area contributed by atoms with Crippen molar-refractivity contribution in [2.75, 3.05) is 0 Å². The van der Waals surface area contributed by atoms with E-state index in [2.05, 4.69) is 89.8 Å². The summed E-state index contributed by atoms with van der Waals surface area (Å²) in [4.78, 5) is 10.2. The number of aromatic nitrogens is 2. The van der Waals surface area contributed by atoms with Gasteiger partial charge in [-0.05, 0) is 90.7 Å². The standard InChI is InChI=1S/C45H37FN4S/c1-4-11-31(12-5-2)32-18-20-33(21-19-32)41(47)29-43(49-30(3)34-22-23-42-35(25-34)13-10-24-48-42)36-26-37(28-38(27-36)51-46)50-44-16-8-6-14-39(44)40-15-7-9-17-45(40)50/h4-30H,1,47H2,2-3H3/b12-5-,31-11+,41-29-,49-43?. The molecule has 0 aliphatic rings. The van der Waals surface area contributed by atoms with E-state index in [1.165, 1.54) is 0 Å². The van der Waals surface area contributed by atoms with Crippen molar-refractivity contribution < 1.29 is 3.89 Å². The quantitative estimate of drug-likeness (QED) is 0.115. The molecule has 7 aromatic rings. The highest BCUT2D eigenvalue weighted by Crippen LogP contribution is 2.35. The Bertz CT molecular complexity index is 2470. The fourth-order valence-corrected chi connectivity index (χ4v) is 6.91. The molecule has 6 heteroatoms. The molecule has 0 saturated heterocycles. The van der Waals surface area contributed by atoms with Crippen molar-refractivity contribution in [3.63, 3.8) is 0 Å². The molecule has 250 valence electrons. The molecule has 0 aliphatic heterocycles. The number of halogens is 1. The number of nitrogens with zero attached hydrogens (tertiary/aromatic N) is 3. The summed E-state index contributed by atoms with van der Waals surface area (Å²) in [7, 11) is 0. The number of para-hydroxylation sites is 2. The minimum absolute atomic E-state index is 0.222. The van der Waals surface area contributed by atoms with Crippen molar-refractivity contribution >= 4 is 61.8 Å². The summed E-state index contributed by atoms with van der Waals surface area (Å²) in [5, 5.41) is 3.31. The molecule has 0 aliphatic carbocycles. The van der Waals surface area contributed by atoms with E-state index in [0.717, 1.165) is 66.2 Å². The van der Waals surface area contributed by atoms with E-state index in [4.69, 9.17) is 10.7 Å². The van der Waals surface area contributed by atoms with Gasteiger partial charge in [-0.3, -0.25) is 9.98 Å². The normalized spacial score (nSPS) is 13.4. The predicted octanol–water partition coefficient (Wildman–Crippen LogP) is 12.0. The van der Waals surface area contributed by atoms with Crippen LogP contribution in [0.1, 0.15) is 42.1 Å². The number of benzene rings is 5. The second-order valence-electron chi connectivity index (χ2n) is 12.3. The third-order valence-corrected chi connectivity index (χ3v) is 9.46. The molecule has 7 rings (SSSR count). The SMILES string of the molecule is C=C/C=C(\C=C/C)c1ccc(/C(N)=C/C(=NC(C)c2ccc3ncccc3c2)c2cc(SF)cc(-n3c4ccccc4c4ccccc43)c2)cc1. The lowest BCUT2D eigenvalue weighted by atomic mass is 10.0. The minimum atomic E-state index is -0.234. The van der Waals surface area contributed by atoms with Crippen LogP contribution in [0.15, 0.2) is 174 Å². The zero-order valence-corrected chi connectivity index (χ0v) is 29.3. The summed E-state index contributed by atoms with van der Waals surface area (Å²) < 4.78 is 16.8. The van der Waals surface area contributed by atoms with Crippen molar-refractivity contribution in [1.82, 2.24) is 9.55 Å². The Morgan fingerprint density at radius 1 is 0.843 bits per heavy atom. The van der Waals surface area contributed by atoms with Gasteiger partial charge in [0.25, 0.3) is 0 Å². The smallest absolute Gasteiger partial charge is 0.0813 e. The third kappa shape index (κ3) is 6.91. The molecule has 0 amide bonds. The molecule has 1 atom stereocenters. The molecule has 2 heterocycles. The fraction of sp³-hybridized carbons (Fsp3) is 0.0667. The van der Waals surface area contributed by atoms with Gasteiger partial charge in [-0.15, -0.1) is 0 Å². The van der Waals surface area contributed by atoms with Crippen LogP contribution in [0.4, 0.5) is 3.89 Å². The lowest BCUT2D eigenvalue weighted by Crippen LogP contribution is -2.07. The number of rotatable bonds is 10. The van der Waals surface area contributed by atoms with Gasteiger partial charge < -0.3 is 10.3 Å². The molecule has 0 saturated carbocycles. The second kappa shape index (κ2) is 14.9. The molecule has 51 heavy (non-hydrogen) atoms. The van der Waals surface area contributed by atoms with Gasteiger partial charge in [0.1, 0.15) is 0 Å². The van der Waals surface area contributed by atoms with Gasteiger partial charge in [0.05, 0.1) is 40.5 Å². The zero-order chi connectivity index (χ0) is 35.3. The number of aliphatic imine (C=N–C) groups is 1. The topological polar surface area (TPSA) is 56.2 Å². The molecule has 2 aromatic heterocycles. The fourth-order valence-electron chi connectivity index (χ4n) is 6.58. The Morgan fingerprint density at radius 2 is 1.55 bits per heavy atom.